The maximum absolute atomic E-state index is 13.7. The number of para-hydroxylation sites is 1. The van der Waals surface area contributed by atoms with Gasteiger partial charge in [-0.1, -0.05) is 42.5 Å². The van der Waals surface area contributed by atoms with Crippen molar-refractivity contribution in [3.05, 3.63) is 75.4 Å². The van der Waals surface area contributed by atoms with Gasteiger partial charge in [0, 0.05) is 31.7 Å². The molecule has 0 unspecified atom stereocenters. The molecule has 8 nitrogen and oxygen atoms in total. The molecule has 0 saturated carbocycles. The second-order valence-corrected chi connectivity index (χ2v) is 10.5. The molecule has 0 spiro atoms. The Morgan fingerprint density at radius 1 is 1.14 bits per heavy atom. The van der Waals surface area contributed by atoms with Crippen molar-refractivity contribution < 1.29 is 29.3 Å². The molecule has 1 aliphatic carbocycles. The second kappa shape index (κ2) is 13.4. The SMILES string of the molecule is O=C(NCCO)C1=C[C@H](Oc2ccccc2I)[C@@H](O)[C@H](N(C[C@H]2CCCO2)C(=O)Cc2ccccc2)C1. The third-order valence-electron chi connectivity index (χ3n) is 6.66. The Labute approximate surface area is 230 Å². The van der Waals surface area contributed by atoms with Crippen LogP contribution in [0.4, 0.5) is 0 Å². The van der Waals surface area contributed by atoms with Crippen molar-refractivity contribution in [1.29, 1.82) is 0 Å². The second-order valence-electron chi connectivity index (χ2n) is 9.29. The first-order valence-electron chi connectivity index (χ1n) is 12.6. The van der Waals surface area contributed by atoms with Gasteiger partial charge in [-0.15, -0.1) is 0 Å². The molecule has 3 N–H and O–H groups in total. The standard InChI is InChI=1S/C28H33IN2O6/c29-22-10-4-5-11-24(22)37-25-17-20(28(35)30-12-13-32)16-23(27(25)34)31(18-21-9-6-14-36-21)26(33)15-19-7-2-1-3-8-19/h1-5,7-8,10-11,17,21,23,25,27,32,34H,6,9,12-16,18H2,(H,30,35)/t21-,23-,25+,27+/m1/s1. The van der Waals surface area contributed by atoms with E-state index >= 15 is 0 Å². The lowest BCUT2D eigenvalue weighted by molar-refractivity contribution is -0.140. The van der Waals surface area contributed by atoms with E-state index in [1.165, 1.54) is 0 Å². The monoisotopic (exact) mass is 620 g/mol. The van der Waals surface area contributed by atoms with E-state index in [1.807, 2.05) is 54.6 Å². The number of amides is 2. The fraction of sp³-hybridized carbons (Fsp3) is 0.429. The number of halogens is 1. The first kappa shape index (κ1) is 27.6. The molecule has 37 heavy (non-hydrogen) atoms. The van der Waals surface area contributed by atoms with E-state index in [0.717, 1.165) is 22.0 Å². The quantitative estimate of drug-likeness (QED) is 0.353. The number of carbonyl (C=O) groups is 2. The molecule has 4 atom stereocenters. The van der Waals surface area contributed by atoms with Crippen LogP contribution >= 0.6 is 22.6 Å². The van der Waals surface area contributed by atoms with Gasteiger partial charge < -0.3 is 29.9 Å². The minimum absolute atomic E-state index is 0.109. The van der Waals surface area contributed by atoms with Gasteiger partial charge in [0.1, 0.15) is 18.0 Å². The van der Waals surface area contributed by atoms with E-state index in [2.05, 4.69) is 27.9 Å². The molecule has 9 heteroatoms. The molecule has 2 aromatic rings. The number of carbonyl (C=O) groups excluding carboxylic acids is 2. The molecule has 0 bridgehead atoms. The number of benzene rings is 2. The van der Waals surface area contributed by atoms with Gasteiger partial charge in [-0.3, -0.25) is 9.59 Å². The summed E-state index contributed by atoms with van der Waals surface area (Å²) in [4.78, 5) is 28.3. The van der Waals surface area contributed by atoms with Gasteiger partial charge in [-0.05, 0) is 59.2 Å². The first-order valence-corrected chi connectivity index (χ1v) is 13.7. The zero-order valence-corrected chi connectivity index (χ0v) is 22.7. The number of nitrogens with one attached hydrogen (secondary N) is 1. The van der Waals surface area contributed by atoms with Crippen LogP contribution in [-0.2, 0) is 20.7 Å². The van der Waals surface area contributed by atoms with Gasteiger partial charge in [0.25, 0.3) is 0 Å². The molecular formula is C28H33IN2O6. The van der Waals surface area contributed by atoms with Gasteiger partial charge in [0.05, 0.1) is 28.7 Å². The molecule has 0 radical (unpaired) electrons. The molecular weight excluding hydrogens is 587 g/mol. The van der Waals surface area contributed by atoms with Crippen LogP contribution < -0.4 is 10.1 Å². The lowest BCUT2D eigenvalue weighted by Crippen LogP contribution is -2.57. The van der Waals surface area contributed by atoms with Crippen LogP contribution in [0, 0.1) is 3.57 Å². The summed E-state index contributed by atoms with van der Waals surface area (Å²) in [5, 5.41) is 23.4. The molecule has 0 aromatic heterocycles. The van der Waals surface area contributed by atoms with Crippen molar-refractivity contribution in [1.82, 2.24) is 10.2 Å². The minimum atomic E-state index is -1.06. The van der Waals surface area contributed by atoms with E-state index in [0.29, 0.717) is 24.5 Å². The topological polar surface area (TPSA) is 108 Å². The summed E-state index contributed by atoms with van der Waals surface area (Å²) in [6.07, 6.45) is 1.69. The summed E-state index contributed by atoms with van der Waals surface area (Å²) in [7, 11) is 0. The van der Waals surface area contributed by atoms with Crippen LogP contribution in [-0.4, -0.2) is 77.6 Å². The van der Waals surface area contributed by atoms with Crippen LogP contribution in [0.25, 0.3) is 0 Å². The summed E-state index contributed by atoms with van der Waals surface area (Å²) < 4.78 is 12.9. The maximum atomic E-state index is 13.7. The lowest BCUT2D eigenvalue weighted by atomic mass is 9.87. The fourth-order valence-electron chi connectivity index (χ4n) is 4.77. The smallest absolute Gasteiger partial charge is 0.247 e. The lowest BCUT2D eigenvalue weighted by Gasteiger charge is -2.41. The number of hydrogen-bond acceptors (Lipinski definition) is 6. The fourth-order valence-corrected chi connectivity index (χ4v) is 5.28. The highest BCUT2D eigenvalue weighted by molar-refractivity contribution is 14.1. The van der Waals surface area contributed by atoms with Crippen LogP contribution in [0.5, 0.6) is 5.75 Å². The van der Waals surface area contributed by atoms with E-state index in [1.54, 1.807) is 11.0 Å². The van der Waals surface area contributed by atoms with Crippen molar-refractivity contribution in [2.45, 2.75) is 50.0 Å². The third kappa shape index (κ3) is 7.31. The van der Waals surface area contributed by atoms with Crippen molar-refractivity contribution in [3.8, 4) is 5.75 Å². The largest absolute Gasteiger partial charge is 0.482 e. The predicted molar refractivity (Wildman–Crippen MR) is 147 cm³/mol. The van der Waals surface area contributed by atoms with Crippen LogP contribution in [0.1, 0.15) is 24.8 Å². The summed E-state index contributed by atoms with van der Waals surface area (Å²) in [5.41, 5.74) is 1.28. The zero-order chi connectivity index (χ0) is 26.2. The number of hydrogen-bond donors (Lipinski definition) is 3. The molecule has 4 rings (SSSR count). The number of aliphatic hydroxyl groups excluding tert-OH is 2. The Morgan fingerprint density at radius 2 is 1.89 bits per heavy atom. The van der Waals surface area contributed by atoms with E-state index < -0.39 is 18.2 Å². The summed E-state index contributed by atoms with van der Waals surface area (Å²) in [6.45, 7) is 0.895. The normalized spacial score (nSPS) is 23.3. The Bertz CT molecular complexity index is 1090. The summed E-state index contributed by atoms with van der Waals surface area (Å²) in [6, 6.07) is 16.2. The number of ether oxygens (including phenoxy) is 2. The van der Waals surface area contributed by atoms with Gasteiger partial charge in [-0.2, -0.15) is 0 Å². The van der Waals surface area contributed by atoms with Gasteiger partial charge in [-0.25, -0.2) is 0 Å². The number of rotatable bonds is 10. The number of aliphatic hydroxyl groups is 2. The Balaban J connectivity index is 1.64. The average molecular weight is 620 g/mol. The summed E-state index contributed by atoms with van der Waals surface area (Å²) in [5.74, 6) is 0.0890. The van der Waals surface area contributed by atoms with Crippen molar-refractivity contribution in [2.75, 3.05) is 26.3 Å². The molecule has 2 amide bonds. The zero-order valence-electron chi connectivity index (χ0n) is 20.6. The van der Waals surface area contributed by atoms with Crippen molar-refractivity contribution >= 4 is 34.4 Å². The molecule has 2 aromatic carbocycles. The van der Waals surface area contributed by atoms with E-state index in [4.69, 9.17) is 9.47 Å². The first-order chi connectivity index (χ1) is 18.0. The predicted octanol–water partition coefficient (Wildman–Crippen LogP) is 2.46. The van der Waals surface area contributed by atoms with E-state index in [-0.39, 0.29) is 43.9 Å². The Hall–Kier alpha value is -2.47. The Kier molecular flexibility index (Phi) is 9.95. The third-order valence-corrected chi connectivity index (χ3v) is 7.55. The highest BCUT2D eigenvalue weighted by Gasteiger charge is 2.41. The highest BCUT2D eigenvalue weighted by atomic mass is 127. The van der Waals surface area contributed by atoms with Crippen LogP contribution in [0.3, 0.4) is 0 Å². The minimum Gasteiger partial charge on any atom is -0.482 e. The summed E-state index contributed by atoms with van der Waals surface area (Å²) >= 11 is 2.16. The molecule has 1 fully saturated rings. The van der Waals surface area contributed by atoms with Gasteiger partial charge in [0.15, 0.2) is 0 Å². The Morgan fingerprint density at radius 3 is 2.59 bits per heavy atom. The average Bonchev–Trinajstić information content (AvgIpc) is 3.42. The highest BCUT2D eigenvalue weighted by Crippen LogP contribution is 2.31. The molecule has 2 aliphatic rings. The molecule has 198 valence electrons. The molecule has 1 heterocycles. The van der Waals surface area contributed by atoms with Gasteiger partial charge >= 0.3 is 0 Å². The van der Waals surface area contributed by atoms with Crippen molar-refractivity contribution in [2.24, 2.45) is 0 Å². The molecule has 1 saturated heterocycles. The van der Waals surface area contributed by atoms with Crippen LogP contribution in [0.2, 0.25) is 0 Å². The van der Waals surface area contributed by atoms with Crippen molar-refractivity contribution in [3.63, 3.8) is 0 Å². The van der Waals surface area contributed by atoms with Gasteiger partial charge in [0.2, 0.25) is 11.8 Å². The van der Waals surface area contributed by atoms with E-state index in [9.17, 15) is 19.8 Å². The van der Waals surface area contributed by atoms with Crippen LogP contribution in [0.15, 0.2) is 66.2 Å². The molecule has 1 aliphatic heterocycles. The maximum Gasteiger partial charge on any atom is 0.247 e. The number of nitrogens with zero attached hydrogens (tertiary/aromatic N) is 1.